The molecule has 2 rings (SSSR count). The molecule has 0 atom stereocenters. The molecule has 0 aromatic heterocycles. The third kappa shape index (κ3) is 2.88. The Morgan fingerprint density at radius 1 is 1.41 bits per heavy atom. The van der Waals surface area contributed by atoms with Gasteiger partial charge < -0.3 is 20.3 Å². The van der Waals surface area contributed by atoms with Crippen molar-refractivity contribution in [2.75, 3.05) is 18.9 Å². The van der Waals surface area contributed by atoms with Gasteiger partial charge in [0.2, 0.25) is 0 Å². The van der Waals surface area contributed by atoms with E-state index >= 15 is 0 Å². The molecule has 0 amide bonds. The van der Waals surface area contributed by atoms with Gasteiger partial charge in [0.1, 0.15) is 17.4 Å². The zero-order valence-electron chi connectivity index (χ0n) is 9.39. The van der Waals surface area contributed by atoms with E-state index < -0.39 is 5.97 Å². The zero-order chi connectivity index (χ0) is 12.3. The molecule has 92 valence electrons. The topological polar surface area (TPSA) is 81.8 Å². The first-order chi connectivity index (χ1) is 8.16. The van der Waals surface area contributed by atoms with Crippen molar-refractivity contribution in [1.29, 1.82) is 0 Å². The molecule has 0 radical (unpaired) electrons. The molecule has 1 aromatic carbocycles. The molecule has 3 N–H and O–H groups in total. The number of ether oxygens (including phenoxy) is 2. The van der Waals surface area contributed by atoms with Crippen molar-refractivity contribution in [2.24, 2.45) is 0 Å². The van der Waals surface area contributed by atoms with Gasteiger partial charge in [-0.3, -0.25) is 0 Å². The maximum atomic E-state index is 11.1. The van der Waals surface area contributed by atoms with Crippen molar-refractivity contribution in [3.8, 4) is 5.75 Å². The Kier molecular flexibility index (Phi) is 3.49. The van der Waals surface area contributed by atoms with Crippen LogP contribution in [0.4, 0.5) is 5.69 Å². The Morgan fingerprint density at radius 2 is 2.12 bits per heavy atom. The fourth-order valence-electron chi connectivity index (χ4n) is 1.79. The Balaban J connectivity index is 2.16. The molecule has 5 heteroatoms. The summed E-state index contributed by atoms with van der Waals surface area (Å²) >= 11 is 0. The summed E-state index contributed by atoms with van der Waals surface area (Å²) in [5, 5.41) is 9.06. The van der Waals surface area contributed by atoms with Crippen LogP contribution in [-0.4, -0.2) is 30.4 Å². The number of anilines is 1. The van der Waals surface area contributed by atoms with Gasteiger partial charge in [-0.05, 0) is 18.2 Å². The number of nitrogen functional groups attached to an aromatic ring is 1. The summed E-state index contributed by atoms with van der Waals surface area (Å²) in [6.07, 6.45) is 1.58. The number of hydrogen-bond donors (Lipinski definition) is 2. The third-order valence-corrected chi connectivity index (χ3v) is 2.70. The minimum atomic E-state index is -1.03. The second-order valence-electron chi connectivity index (χ2n) is 3.99. The molecule has 17 heavy (non-hydrogen) atoms. The lowest BCUT2D eigenvalue weighted by molar-refractivity contribution is 0.0248. The van der Waals surface area contributed by atoms with Crippen LogP contribution in [0.3, 0.4) is 0 Å². The van der Waals surface area contributed by atoms with Crippen molar-refractivity contribution in [3.63, 3.8) is 0 Å². The van der Waals surface area contributed by atoms with Gasteiger partial charge in [-0.2, -0.15) is 0 Å². The predicted octanol–water partition coefficient (Wildman–Crippen LogP) is 1.52. The molecule has 0 unspecified atom stereocenters. The van der Waals surface area contributed by atoms with E-state index in [1.807, 2.05) is 0 Å². The Bertz CT molecular complexity index is 413. The summed E-state index contributed by atoms with van der Waals surface area (Å²) in [6, 6.07) is 4.66. The molecular weight excluding hydrogens is 222 g/mol. The largest absolute Gasteiger partial charge is 0.489 e. The van der Waals surface area contributed by atoms with Gasteiger partial charge >= 0.3 is 5.97 Å². The summed E-state index contributed by atoms with van der Waals surface area (Å²) in [4.78, 5) is 11.1. The second kappa shape index (κ2) is 5.05. The first-order valence-electron chi connectivity index (χ1n) is 5.54. The average Bonchev–Trinajstić information content (AvgIpc) is 2.32. The van der Waals surface area contributed by atoms with Crippen LogP contribution in [0.5, 0.6) is 5.75 Å². The SMILES string of the molecule is Nc1ccc(OC2CCOCC2)c(C(=O)O)c1. The van der Waals surface area contributed by atoms with Crippen molar-refractivity contribution in [3.05, 3.63) is 23.8 Å². The highest BCUT2D eigenvalue weighted by atomic mass is 16.5. The first kappa shape index (κ1) is 11.7. The van der Waals surface area contributed by atoms with Crippen LogP contribution < -0.4 is 10.5 Å². The molecule has 1 aromatic rings. The highest BCUT2D eigenvalue weighted by Gasteiger charge is 2.19. The number of aromatic carboxylic acids is 1. The van der Waals surface area contributed by atoms with E-state index in [2.05, 4.69) is 0 Å². The monoisotopic (exact) mass is 237 g/mol. The molecule has 1 aliphatic heterocycles. The molecule has 1 heterocycles. The Morgan fingerprint density at radius 3 is 2.76 bits per heavy atom. The fourth-order valence-corrected chi connectivity index (χ4v) is 1.79. The van der Waals surface area contributed by atoms with Gasteiger partial charge in [0.25, 0.3) is 0 Å². The van der Waals surface area contributed by atoms with Gasteiger partial charge in [0.15, 0.2) is 0 Å². The Labute approximate surface area is 99.1 Å². The predicted molar refractivity (Wildman–Crippen MR) is 62.3 cm³/mol. The smallest absolute Gasteiger partial charge is 0.339 e. The number of nitrogens with two attached hydrogens (primary N) is 1. The average molecular weight is 237 g/mol. The molecule has 5 nitrogen and oxygen atoms in total. The van der Waals surface area contributed by atoms with Gasteiger partial charge in [0.05, 0.1) is 13.2 Å². The normalized spacial score (nSPS) is 16.7. The number of hydrogen-bond acceptors (Lipinski definition) is 4. The number of carboxylic acids is 1. The quantitative estimate of drug-likeness (QED) is 0.779. The van der Waals surface area contributed by atoms with Crippen LogP contribution in [0.25, 0.3) is 0 Å². The van der Waals surface area contributed by atoms with Crippen molar-refractivity contribution >= 4 is 11.7 Å². The summed E-state index contributed by atoms with van der Waals surface area (Å²) in [5.41, 5.74) is 6.09. The summed E-state index contributed by atoms with van der Waals surface area (Å²) in [7, 11) is 0. The molecular formula is C12H15NO4. The number of rotatable bonds is 3. The Hall–Kier alpha value is -1.75. The highest BCUT2D eigenvalue weighted by Crippen LogP contribution is 2.24. The minimum absolute atomic E-state index is 0.0190. The van der Waals surface area contributed by atoms with Crippen molar-refractivity contribution < 1.29 is 19.4 Å². The minimum Gasteiger partial charge on any atom is -0.489 e. The molecule has 0 bridgehead atoms. The van der Waals surface area contributed by atoms with Gasteiger partial charge in [0, 0.05) is 18.5 Å². The van der Waals surface area contributed by atoms with Gasteiger partial charge in [-0.25, -0.2) is 4.79 Å². The lowest BCUT2D eigenvalue weighted by atomic mass is 10.1. The van der Waals surface area contributed by atoms with Crippen molar-refractivity contribution in [1.82, 2.24) is 0 Å². The lowest BCUT2D eigenvalue weighted by Crippen LogP contribution is -2.26. The van der Waals surface area contributed by atoms with Crippen LogP contribution in [-0.2, 0) is 4.74 Å². The van der Waals surface area contributed by atoms with Gasteiger partial charge in [-0.15, -0.1) is 0 Å². The molecule has 1 aliphatic rings. The summed E-state index contributed by atoms with van der Waals surface area (Å²) < 4.78 is 10.9. The molecule has 0 spiro atoms. The lowest BCUT2D eigenvalue weighted by Gasteiger charge is -2.24. The van der Waals surface area contributed by atoms with Crippen LogP contribution in [0, 0.1) is 0 Å². The molecule has 0 aliphatic carbocycles. The third-order valence-electron chi connectivity index (χ3n) is 2.70. The number of carbonyl (C=O) groups is 1. The van der Waals surface area contributed by atoms with E-state index in [-0.39, 0.29) is 11.7 Å². The van der Waals surface area contributed by atoms with Crippen LogP contribution in [0.15, 0.2) is 18.2 Å². The number of benzene rings is 1. The molecule has 0 saturated carbocycles. The van der Waals surface area contributed by atoms with Crippen LogP contribution in [0.2, 0.25) is 0 Å². The van der Waals surface area contributed by atoms with Crippen LogP contribution >= 0.6 is 0 Å². The maximum Gasteiger partial charge on any atom is 0.339 e. The first-order valence-corrected chi connectivity index (χ1v) is 5.54. The summed E-state index contributed by atoms with van der Waals surface area (Å²) in [5.74, 6) is -0.655. The fraction of sp³-hybridized carbons (Fsp3) is 0.417. The van der Waals surface area contributed by atoms with Crippen molar-refractivity contribution in [2.45, 2.75) is 18.9 Å². The van der Waals surface area contributed by atoms with E-state index in [9.17, 15) is 4.79 Å². The molecule has 1 fully saturated rings. The second-order valence-corrected chi connectivity index (χ2v) is 3.99. The standard InChI is InChI=1S/C12H15NO4/c13-8-1-2-11(10(7-8)12(14)15)17-9-3-5-16-6-4-9/h1-2,7,9H,3-6,13H2,(H,14,15). The zero-order valence-corrected chi connectivity index (χ0v) is 9.39. The van der Waals surface area contributed by atoms with Gasteiger partial charge in [-0.1, -0.05) is 0 Å². The number of carboxylic acid groups (broad SMARTS) is 1. The van der Waals surface area contributed by atoms with E-state index in [1.165, 1.54) is 6.07 Å². The maximum absolute atomic E-state index is 11.1. The van der Waals surface area contributed by atoms with E-state index in [0.29, 0.717) is 24.7 Å². The molecule has 1 saturated heterocycles. The van der Waals surface area contributed by atoms with E-state index in [4.69, 9.17) is 20.3 Å². The van der Waals surface area contributed by atoms with E-state index in [0.717, 1.165) is 12.8 Å². The van der Waals surface area contributed by atoms with E-state index in [1.54, 1.807) is 12.1 Å². The highest BCUT2D eigenvalue weighted by molar-refractivity contribution is 5.92. The summed E-state index contributed by atoms with van der Waals surface area (Å²) in [6.45, 7) is 1.31. The van der Waals surface area contributed by atoms with Crippen LogP contribution in [0.1, 0.15) is 23.2 Å².